The Morgan fingerprint density at radius 3 is 2.44 bits per heavy atom. The highest BCUT2D eigenvalue weighted by Gasteiger charge is 2.43. The Morgan fingerprint density at radius 1 is 1.39 bits per heavy atom. The number of carbonyl (C=O) groups is 1. The number of aryl methyl sites for hydroxylation is 2. The first-order valence-electron chi connectivity index (χ1n) is 6.44. The molecule has 1 saturated carbocycles. The maximum absolute atomic E-state index is 11.8. The summed E-state index contributed by atoms with van der Waals surface area (Å²) >= 11 is 0. The molecule has 0 spiro atoms. The number of hydrogen-bond acceptors (Lipinski definition) is 3. The Balaban J connectivity index is 0.000000771. The van der Waals surface area contributed by atoms with Gasteiger partial charge in [0.1, 0.15) is 5.69 Å². The number of pyridine rings is 1. The van der Waals surface area contributed by atoms with Gasteiger partial charge in [-0.05, 0) is 38.3 Å². The van der Waals surface area contributed by atoms with Crippen LogP contribution in [-0.4, -0.2) is 28.1 Å². The molecular weight excluding hydrogens is 228 g/mol. The van der Waals surface area contributed by atoms with Crippen molar-refractivity contribution in [3.05, 3.63) is 29.1 Å². The summed E-state index contributed by atoms with van der Waals surface area (Å²) < 4.78 is 0. The highest BCUT2D eigenvalue weighted by molar-refractivity contribution is 5.93. The van der Waals surface area contributed by atoms with Crippen LogP contribution in [-0.2, 0) is 0 Å². The van der Waals surface area contributed by atoms with Gasteiger partial charge in [-0.1, -0.05) is 19.9 Å². The molecule has 100 valence electrons. The Morgan fingerprint density at radius 2 is 2.00 bits per heavy atom. The number of carbonyl (C=O) groups excluding carboxylic acids is 1. The lowest BCUT2D eigenvalue weighted by atomic mass is 10.2. The Hall–Kier alpha value is -1.42. The van der Waals surface area contributed by atoms with E-state index < -0.39 is 0 Å². The fraction of sp³-hybridized carbons (Fsp3) is 0.571. The number of aliphatic hydroxyl groups excluding tert-OH is 1. The fourth-order valence-electron chi connectivity index (χ4n) is 1.54. The molecule has 2 N–H and O–H groups in total. The smallest absolute Gasteiger partial charge is 0.270 e. The van der Waals surface area contributed by atoms with E-state index in [1.165, 1.54) is 0 Å². The topological polar surface area (TPSA) is 62.2 Å². The zero-order valence-electron chi connectivity index (χ0n) is 11.6. The molecule has 1 aromatic rings. The van der Waals surface area contributed by atoms with Crippen molar-refractivity contribution < 1.29 is 9.90 Å². The molecule has 0 saturated heterocycles. The number of nitrogens with zero attached hydrogens (tertiary/aromatic N) is 1. The van der Waals surface area contributed by atoms with E-state index >= 15 is 0 Å². The molecule has 1 amide bonds. The minimum absolute atomic E-state index is 0.00356. The quantitative estimate of drug-likeness (QED) is 0.862. The molecule has 0 radical (unpaired) electrons. The highest BCUT2D eigenvalue weighted by atomic mass is 16.3. The van der Waals surface area contributed by atoms with E-state index in [2.05, 4.69) is 10.3 Å². The summed E-state index contributed by atoms with van der Waals surface area (Å²) in [5, 5.41) is 11.9. The van der Waals surface area contributed by atoms with E-state index in [1.807, 2.05) is 33.8 Å². The first-order chi connectivity index (χ1) is 8.56. The molecule has 1 aromatic heterocycles. The van der Waals surface area contributed by atoms with Gasteiger partial charge < -0.3 is 10.4 Å². The molecule has 4 heteroatoms. The molecular formula is C14H22N2O2. The molecule has 0 unspecified atom stereocenters. The molecule has 4 nitrogen and oxygen atoms in total. The van der Waals surface area contributed by atoms with Crippen LogP contribution in [0.5, 0.6) is 0 Å². The normalized spacial score (nSPS) is 15.4. The lowest BCUT2D eigenvalue weighted by molar-refractivity contribution is 0.0901. The molecule has 0 atom stereocenters. The van der Waals surface area contributed by atoms with Crippen molar-refractivity contribution in [2.75, 3.05) is 6.61 Å². The first kappa shape index (κ1) is 14.6. The maximum atomic E-state index is 11.8. The second kappa shape index (κ2) is 5.96. The maximum Gasteiger partial charge on any atom is 0.270 e. The SMILES string of the molecule is CC.Cc1ccc(C(=O)NC2(CO)CC2)nc1C. The van der Waals surface area contributed by atoms with Crippen LogP contribution >= 0.6 is 0 Å². The van der Waals surface area contributed by atoms with E-state index in [9.17, 15) is 4.79 Å². The number of amides is 1. The van der Waals surface area contributed by atoms with Gasteiger partial charge >= 0.3 is 0 Å². The minimum Gasteiger partial charge on any atom is -0.394 e. The summed E-state index contributed by atoms with van der Waals surface area (Å²) in [6.45, 7) is 7.84. The van der Waals surface area contributed by atoms with Gasteiger partial charge in [0.15, 0.2) is 0 Å². The summed E-state index contributed by atoms with van der Waals surface area (Å²) in [4.78, 5) is 16.1. The van der Waals surface area contributed by atoms with E-state index in [-0.39, 0.29) is 18.1 Å². The zero-order valence-corrected chi connectivity index (χ0v) is 11.6. The average molecular weight is 250 g/mol. The van der Waals surface area contributed by atoms with Crippen molar-refractivity contribution in [2.45, 2.75) is 46.1 Å². The van der Waals surface area contributed by atoms with Crippen LogP contribution < -0.4 is 5.32 Å². The Labute approximate surface area is 108 Å². The second-order valence-corrected chi connectivity index (χ2v) is 4.49. The zero-order chi connectivity index (χ0) is 13.8. The van der Waals surface area contributed by atoms with E-state index in [0.29, 0.717) is 5.69 Å². The third-order valence-corrected chi connectivity index (χ3v) is 3.12. The van der Waals surface area contributed by atoms with Gasteiger partial charge in [-0.2, -0.15) is 0 Å². The molecule has 2 rings (SSSR count). The van der Waals surface area contributed by atoms with Crippen molar-refractivity contribution in [3.8, 4) is 0 Å². The van der Waals surface area contributed by atoms with Gasteiger partial charge in [0.05, 0.1) is 12.1 Å². The monoisotopic (exact) mass is 250 g/mol. The van der Waals surface area contributed by atoms with Crippen molar-refractivity contribution >= 4 is 5.91 Å². The van der Waals surface area contributed by atoms with Crippen LogP contribution in [0, 0.1) is 13.8 Å². The van der Waals surface area contributed by atoms with Gasteiger partial charge in [-0.3, -0.25) is 4.79 Å². The third-order valence-electron chi connectivity index (χ3n) is 3.12. The largest absolute Gasteiger partial charge is 0.394 e. The Kier molecular flexibility index (Phi) is 4.84. The van der Waals surface area contributed by atoms with Gasteiger partial charge in [-0.25, -0.2) is 4.98 Å². The van der Waals surface area contributed by atoms with Crippen LogP contribution in [0.15, 0.2) is 12.1 Å². The lowest BCUT2D eigenvalue weighted by Gasteiger charge is -2.14. The summed E-state index contributed by atoms with van der Waals surface area (Å²) in [6, 6.07) is 3.60. The van der Waals surface area contributed by atoms with Crippen LogP contribution in [0.4, 0.5) is 0 Å². The van der Waals surface area contributed by atoms with Crippen molar-refractivity contribution in [3.63, 3.8) is 0 Å². The molecule has 1 heterocycles. The van der Waals surface area contributed by atoms with E-state index in [1.54, 1.807) is 6.07 Å². The summed E-state index contributed by atoms with van der Waals surface area (Å²) in [7, 11) is 0. The predicted octanol–water partition coefficient (Wildman–Crippen LogP) is 1.98. The van der Waals surface area contributed by atoms with Gasteiger partial charge in [0.2, 0.25) is 0 Å². The van der Waals surface area contributed by atoms with Crippen molar-refractivity contribution in [1.29, 1.82) is 0 Å². The molecule has 0 aliphatic heterocycles. The number of nitrogens with one attached hydrogen (secondary N) is 1. The molecule has 0 bridgehead atoms. The number of hydrogen-bond donors (Lipinski definition) is 2. The standard InChI is InChI=1S/C12H16N2O2.C2H6/c1-8-3-4-10(13-9(8)2)11(16)14-12(7-15)5-6-12;1-2/h3-4,15H,5-7H2,1-2H3,(H,14,16);1-2H3. The highest BCUT2D eigenvalue weighted by Crippen LogP contribution is 2.34. The molecule has 1 aliphatic carbocycles. The molecule has 0 aromatic carbocycles. The van der Waals surface area contributed by atoms with E-state index in [4.69, 9.17) is 5.11 Å². The van der Waals surface area contributed by atoms with Crippen molar-refractivity contribution in [2.24, 2.45) is 0 Å². The predicted molar refractivity (Wildman–Crippen MR) is 71.6 cm³/mol. The molecule has 18 heavy (non-hydrogen) atoms. The Bertz CT molecular complexity index is 426. The molecule has 1 aliphatic rings. The summed E-state index contributed by atoms with van der Waals surface area (Å²) in [5.74, 6) is -0.199. The lowest BCUT2D eigenvalue weighted by Crippen LogP contribution is -2.40. The summed E-state index contributed by atoms with van der Waals surface area (Å²) in [5.41, 5.74) is 1.97. The fourth-order valence-corrected chi connectivity index (χ4v) is 1.54. The first-order valence-corrected chi connectivity index (χ1v) is 6.44. The van der Waals surface area contributed by atoms with Crippen LogP contribution in [0.25, 0.3) is 0 Å². The number of rotatable bonds is 3. The molecule has 1 fully saturated rings. The second-order valence-electron chi connectivity index (χ2n) is 4.49. The number of aromatic nitrogens is 1. The average Bonchev–Trinajstić information content (AvgIpc) is 3.15. The van der Waals surface area contributed by atoms with Gasteiger partial charge in [0.25, 0.3) is 5.91 Å². The third kappa shape index (κ3) is 3.29. The minimum atomic E-state index is -0.377. The van der Waals surface area contributed by atoms with Gasteiger partial charge in [0, 0.05) is 5.69 Å². The van der Waals surface area contributed by atoms with Crippen LogP contribution in [0.2, 0.25) is 0 Å². The van der Waals surface area contributed by atoms with Crippen molar-refractivity contribution in [1.82, 2.24) is 10.3 Å². The summed E-state index contributed by atoms with van der Waals surface area (Å²) in [6.07, 6.45) is 1.69. The van der Waals surface area contributed by atoms with E-state index in [0.717, 1.165) is 24.1 Å². The van der Waals surface area contributed by atoms with Gasteiger partial charge in [-0.15, -0.1) is 0 Å². The van der Waals surface area contributed by atoms with Crippen LogP contribution in [0.1, 0.15) is 48.4 Å². The number of aliphatic hydroxyl groups is 1. The van der Waals surface area contributed by atoms with Crippen LogP contribution in [0.3, 0.4) is 0 Å².